The van der Waals surface area contributed by atoms with Crippen LogP contribution in [0.4, 0.5) is 0 Å². The smallest absolute Gasteiger partial charge is 0.277 e. The molecule has 4 aromatic rings. The van der Waals surface area contributed by atoms with Crippen LogP contribution in [0.1, 0.15) is 36.6 Å². The average Bonchev–Trinajstić information content (AvgIpc) is 3.37. The minimum absolute atomic E-state index is 0.538. The monoisotopic (exact) mass is 407 g/mol. The van der Waals surface area contributed by atoms with Gasteiger partial charge >= 0.3 is 0 Å². The topological polar surface area (TPSA) is 51.8 Å². The lowest BCUT2D eigenvalue weighted by Gasteiger charge is -2.05. The van der Waals surface area contributed by atoms with Crippen molar-refractivity contribution in [1.82, 2.24) is 15.2 Å². The van der Waals surface area contributed by atoms with Crippen molar-refractivity contribution in [3.8, 4) is 22.0 Å². The van der Waals surface area contributed by atoms with E-state index in [9.17, 15) is 0 Å². The fourth-order valence-electron chi connectivity index (χ4n) is 2.73. The van der Waals surface area contributed by atoms with Crippen LogP contribution < -0.4 is 0 Å². The van der Waals surface area contributed by atoms with Gasteiger partial charge in [0.2, 0.25) is 5.89 Å². The average molecular weight is 408 g/mol. The lowest BCUT2D eigenvalue weighted by atomic mass is 10.0. The van der Waals surface area contributed by atoms with Gasteiger partial charge in [-0.3, -0.25) is 0 Å². The Bertz CT molecular complexity index is 1050. The second-order valence-corrected chi connectivity index (χ2v) is 8.73. The molecule has 4 rings (SSSR count). The predicted molar refractivity (Wildman–Crippen MR) is 116 cm³/mol. The van der Waals surface area contributed by atoms with Crippen molar-refractivity contribution >= 4 is 23.1 Å². The Kier molecular flexibility index (Phi) is 5.59. The van der Waals surface area contributed by atoms with Crippen LogP contribution in [0.15, 0.2) is 63.6 Å². The normalized spacial score (nSPS) is 11.3. The van der Waals surface area contributed by atoms with Gasteiger partial charge in [-0.05, 0) is 30.5 Å². The largest absolute Gasteiger partial charge is 0.411 e. The maximum atomic E-state index is 5.77. The maximum absolute atomic E-state index is 5.77. The zero-order chi connectivity index (χ0) is 19.5. The van der Waals surface area contributed by atoms with Crippen molar-refractivity contribution in [2.24, 2.45) is 0 Å². The summed E-state index contributed by atoms with van der Waals surface area (Å²) in [6.07, 6.45) is 0. The highest BCUT2D eigenvalue weighted by Gasteiger charge is 2.11. The molecule has 0 fully saturated rings. The van der Waals surface area contributed by atoms with Gasteiger partial charge in [0.15, 0.2) is 0 Å². The Hall–Kier alpha value is -2.44. The summed E-state index contributed by atoms with van der Waals surface area (Å²) in [5.74, 6) is 1.79. The van der Waals surface area contributed by atoms with E-state index in [1.54, 1.807) is 11.3 Å². The molecule has 142 valence electrons. The van der Waals surface area contributed by atoms with Crippen LogP contribution in [0, 0.1) is 6.92 Å². The highest BCUT2D eigenvalue weighted by atomic mass is 32.2. The molecule has 4 nitrogen and oxygen atoms in total. The number of nitrogens with zero attached hydrogens (tertiary/aromatic N) is 3. The number of aryl methyl sites for hydroxylation is 1. The fourth-order valence-corrected chi connectivity index (χ4v) is 4.32. The van der Waals surface area contributed by atoms with Crippen molar-refractivity contribution in [1.29, 1.82) is 0 Å². The van der Waals surface area contributed by atoms with Crippen LogP contribution in [0.25, 0.3) is 22.0 Å². The van der Waals surface area contributed by atoms with Crippen LogP contribution in [0.5, 0.6) is 0 Å². The number of thioether (sulfide) groups is 1. The Morgan fingerprint density at radius 3 is 2.39 bits per heavy atom. The zero-order valence-corrected chi connectivity index (χ0v) is 17.7. The summed E-state index contributed by atoms with van der Waals surface area (Å²) in [5, 5.41) is 12.0. The maximum Gasteiger partial charge on any atom is 0.277 e. The number of rotatable bonds is 6. The third-order valence-electron chi connectivity index (χ3n) is 4.42. The molecule has 0 saturated heterocycles. The molecule has 2 aromatic carbocycles. The molecule has 0 aliphatic carbocycles. The molecule has 0 spiro atoms. The first-order valence-corrected chi connectivity index (χ1v) is 11.0. The molecule has 0 N–H and O–H groups in total. The van der Waals surface area contributed by atoms with Crippen LogP contribution in [-0.2, 0) is 5.75 Å². The molecule has 2 aromatic heterocycles. The summed E-state index contributed by atoms with van der Waals surface area (Å²) < 4.78 is 5.77. The van der Waals surface area contributed by atoms with Crippen LogP contribution in [-0.4, -0.2) is 15.2 Å². The van der Waals surface area contributed by atoms with Crippen molar-refractivity contribution in [3.05, 3.63) is 70.7 Å². The summed E-state index contributed by atoms with van der Waals surface area (Å²) in [5.41, 5.74) is 5.66. The number of benzene rings is 2. The molecular weight excluding hydrogens is 386 g/mol. The van der Waals surface area contributed by atoms with E-state index in [2.05, 4.69) is 60.6 Å². The van der Waals surface area contributed by atoms with Crippen molar-refractivity contribution in [2.45, 2.75) is 37.7 Å². The van der Waals surface area contributed by atoms with Crippen LogP contribution >= 0.6 is 23.1 Å². The molecule has 0 unspecified atom stereocenters. The number of thiazole rings is 1. The van der Waals surface area contributed by atoms with E-state index in [0.717, 1.165) is 21.8 Å². The Morgan fingerprint density at radius 1 is 0.964 bits per heavy atom. The van der Waals surface area contributed by atoms with E-state index in [1.165, 1.54) is 22.9 Å². The van der Waals surface area contributed by atoms with Crippen LogP contribution in [0.2, 0.25) is 0 Å². The highest BCUT2D eigenvalue weighted by Crippen LogP contribution is 2.29. The molecule has 0 radical (unpaired) electrons. The Morgan fingerprint density at radius 2 is 1.68 bits per heavy atom. The SMILES string of the molecule is Cc1ccc(-c2nnc(SCc3csc(-c4ccc(C(C)C)cc4)n3)o2)cc1. The van der Waals surface area contributed by atoms with E-state index in [4.69, 9.17) is 9.40 Å². The molecule has 0 atom stereocenters. The highest BCUT2D eigenvalue weighted by molar-refractivity contribution is 7.98. The Labute approximate surface area is 173 Å². The van der Waals surface area contributed by atoms with E-state index < -0.39 is 0 Å². The van der Waals surface area contributed by atoms with Crippen LogP contribution in [0.3, 0.4) is 0 Å². The molecular formula is C22H21N3OS2. The van der Waals surface area contributed by atoms with Gasteiger partial charge in [0, 0.05) is 22.3 Å². The summed E-state index contributed by atoms with van der Waals surface area (Å²) in [4.78, 5) is 4.75. The Balaban J connectivity index is 1.40. The molecule has 0 amide bonds. The second-order valence-electron chi connectivity index (χ2n) is 6.95. The summed E-state index contributed by atoms with van der Waals surface area (Å²) in [7, 11) is 0. The lowest BCUT2D eigenvalue weighted by molar-refractivity contribution is 0.466. The van der Waals surface area contributed by atoms with Gasteiger partial charge in [0.05, 0.1) is 5.69 Å². The molecule has 28 heavy (non-hydrogen) atoms. The lowest BCUT2D eigenvalue weighted by Crippen LogP contribution is -1.87. The molecule has 0 aliphatic heterocycles. The number of hydrogen-bond donors (Lipinski definition) is 0. The first-order chi connectivity index (χ1) is 13.6. The predicted octanol–water partition coefficient (Wildman–Crippen LogP) is 6.58. The van der Waals surface area contributed by atoms with E-state index in [-0.39, 0.29) is 0 Å². The summed E-state index contributed by atoms with van der Waals surface area (Å²) in [6.45, 7) is 6.46. The van der Waals surface area contributed by atoms with Gasteiger partial charge in [0.25, 0.3) is 5.22 Å². The molecule has 2 heterocycles. The van der Waals surface area contributed by atoms with Crippen molar-refractivity contribution < 1.29 is 4.42 Å². The quantitative estimate of drug-likeness (QED) is 0.338. The molecule has 0 saturated carbocycles. The first-order valence-electron chi connectivity index (χ1n) is 9.16. The van der Waals surface area contributed by atoms with Gasteiger partial charge in [-0.2, -0.15) is 0 Å². The number of aromatic nitrogens is 3. The molecule has 6 heteroatoms. The van der Waals surface area contributed by atoms with Crippen molar-refractivity contribution in [2.75, 3.05) is 0 Å². The van der Waals surface area contributed by atoms with Gasteiger partial charge in [0.1, 0.15) is 5.01 Å². The summed E-state index contributed by atoms with van der Waals surface area (Å²) in [6, 6.07) is 16.7. The number of hydrogen-bond acceptors (Lipinski definition) is 6. The van der Waals surface area contributed by atoms with Gasteiger partial charge in [-0.25, -0.2) is 4.98 Å². The minimum Gasteiger partial charge on any atom is -0.411 e. The molecule has 0 bridgehead atoms. The third-order valence-corrected chi connectivity index (χ3v) is 6.22. The van der Waals surface area contributed by atoms with Crippen molar-refractivity contribution in [3.63, 3.8) is 0 Å². The zero-order valence-electron chi connectivity index (χ0n) is 16.0. The first kappa shape index (κ1) is 18.9. The van der Waals surface area contributed by atoms with E-state index in [0.29, 0.717) is 22.8 Å². The standard InChI is InChI=1S/C22H21N3OS2/c1-14(2)16-8-10-18(11-9-16)21-23-19(12-27-21)13-28-22-25-24-20(26-22)17-6-4-15(3)5-7-17/h4-12,14H,13H2,1-3H3. The van der Waals surface area contributed by atoms with E-state index >= 15 is 0 Å². The van der Waals surface area contributed by atoms with Gasteiger partial charge < -0.3 is 4.42 Å². The molecule has 0 aliphatic rings. The van der Waals surface area contributed by atoms with Gasteiger partial charge in [-0.15, -0.1) is 21.5 Å². The summed E-state index contributed by atoms with van der Waals surface area (Å²) >= 11 is 3.18. The second kappa shape index (κ2) is 8.29. The minimum atomic E-state index is 0.538. The third kappa shape index (κ3) is 4.34. The van der Waals surface area contributed by atoms with E-state index in [1.807, 2.05) is 24.3 Å². The van der Waals surface area contributed by atoms with Gasteiger partial charge in [-0.1, -0.05) is 67.6 Å². The fraction of sp³-hybridized carbons (Fsp3) is 0.227.